The average molecular weight is 348 g/mol. The number of anilines is 1. The minimum atomic E-state index is -3.92. The Morgan fingerprint density at radius 2 is 1.65 bits per heavy atom. The lowest BCUT2D eigenvalue weighted by Crippen LogP contribution is -2.10. The summed E-state index contributed by atoms with van der Waals surface area (Å²) >= 11 is 6.17. The van der Waals surface area contributed by atoms with Crippen LogP contribution in [0.5, 0.6) is 5.75 Å². The van der Waals surface area contributed by atoms with Gasteiger partial charge >= 0.3 is 10.1 Å². The Morgan fingerprint density at radius 3 is 2.35 bits per heavy atom. The molecule has 0 unspecified atom stereocenters. The van der Waals surface area contributed by atoms with E-state index >= 15 is 0 Å². The second-order valence-electron chi connectivity index (χ2n) is 5.17. The molecule has 23 heavy (non-hydrogen) atoms. The van der Waals surface area contributed by atoms with E-state index in [4.69, 9.17) is 21.5 Å². The van der Waals surface area contributed by atoms with Gasteiger partial charge in [0.1, 0.15) is 4.90 Å². The molecule has 0 aliphatic heterocycles. The van der Waals surface area contributed by atoms with Crippen LogP contribution in [0.25, 0.3) is 10.8 Å². The van der Waals surface area contributed by atoms with Gasteiger partial charge in [-0.2, -0.15) is 8.42 Å². The van der Waals surface area contributed by atoms with E-state index in [2.05, 4.69) is 0 Å². The molecular formula is C17H14ClNO3S. The molecule has 3 rings (SSSR count). The first kappa shape index (κ1) is 15.6. The number of hydrogen-bond donors (Lipinski definition) is 1. The van der Waals surface area contributed by atoms with Crippen molar-refractivity contribution < 1.29 is 12.6 Å². The molecule has 0 atom stereocenters. The minimum absolute atomic E-state index is 0.0987. The van der Waals surface area contributed by atoms with E-state index in [1.165, 1.54) is 12.1 Å². The van der Waals surface area contributed by atoms with Gasteiger partial charge in [0, 0.05) is 10.8 Å². The Bertz CT molecular complexity index is 983. The van der Waals surface area contributed by atoms with Crippen molar-refractivity contribution in [3.8, 4) is 5.75 Å². The number of nitrogens with two attached hydrogens (primary N) is 1. The smallest absolute Gasteiger partial charge is 0.339 e. The summed E-state index contributed by atoms with van der Waals surface area (Å²) in [5, 5.41) is 1.60. The lowest BCUT2D eigenvalue weighted by molar-refractivity contribution is 0.488. The fraction of sp³-hybridized carbons (Fsp3) is 0.0588. The summed E-state index contributed by atoms with van der Waals surface area (Å²) in [6, 6.07) is 14.8. The van der Waals surface area contributed by atoms with Gasteiger partial charge in [0.15, 0.2) is 5.75 Å². The fourth-order valence-electron chi connectivity index (χ4n) is 2.25. The van der Waals surface area contributed by atoms with Crippen molar-refractivity contribution in [1.29, 1.82) is 0 Å². The first-order valence-corrected chi connectivity index (χ1v) is 8.65. The van der Waals surface area contributed by atoms with Crippen LogP contribution in [-0.2, 0) is 10.1 Å². The van der Waals surface area contributed by atoms with Crippen molar-refractivity contribution in [2.45, 2.75) is 11.8 Å². The molecule has 4 nitrogen and oxygen atoms in total. The van der Waals surface area contributed by atoms with Gasteiger partial charge < -0.3 is 9.92 Å². The van der Waals surface area contributed by atoms with E-state index in [9.17, 15) is 8.42 Å². The zero-order valence-electron chi connectivity index (χ0n) is 12.3. The fourth-order valence-corrected chi connectivity index (χ4v) is 3.43. The van der Waals surface area contributed by atoms with Crippen LogP contribution in [0.1, 0.15) is 5.56 Å². The molecule has 0 bridgehead atoms. The van der Waals surface area contributed by atoms with Gasteiger partial charge in [-0.1, -0.05) is 41.4 Å². The van der Waals surface area contributed by atoms with E-state index in [0.717, 1.165) is 5.56 Å². The highest BCUT2D eigenvalue weighted by Gasteiger charge is 2.18. The van der Waals surface area contributed by atoms with Crippen molar-refractivity contribution in [1.82, 2.24) is 0 Å². The summed E-state index contributed by atoms with van der Waals surface area (Å²) in [6.45, 7) is 1.88. The van der Waals surface area contributed by atoms with Crippen LogP contribution < -0.4 is 9.92 Å². The van der Waals surface area contributed by atoms with Crippen LogP contribution >= 0.6 is 11.6 Å². The molecule has 0 radical (unpaired) electrons. The lowest BCUT2D eigenvalue weighted by Gasteiger charge is -2.11. The lowest BCUT2D eigenvalue weighted by atomic mass is 10.1. The molecule has 0 fully saturated rings. The Kier molecular flexibility index (Phi) is 3.92. The summed E-state index contributed by atoms with van der Waals surface area (Å²) in [5.41, 5.74) is 7.17. The molecule has 0 aromatic heterocycles. The van der Waals surface area contributed by atoms with Crippen LogP contribution in [-0.4, -0.2) is 8.42 Å². The molecule has 0 amide bonds. The SMILES string of the molecule is Cc1ccc(S(=O)(=O)Oc2cccc3c(Cl)c(N)ccc23)cc1. The average Bonchev–Trinajstić information content (AvgIpc) is 2.51. The number of hydrogen-bond acceptors (Lipinski definition) is 4. The Labute approximate surface area is 139 Å². The van der Waals surface area contributed by atoms with Gasteiger partial charge in [0.05, 0.1) is 10.7 Å². The third-order valence-electron chi connectivity index (χ3n) is 3.49. The molecule has 118 valence electrons. The first-order valence-electron chi connectivity index (χ1n) is 6.86. The summed E-state index contributed by atoms with van der Waals surface area (Å²) in [7, 11) is -3.92. The summed E-state index contributed by atoms with van der Waals surface area (Å²) < 4.78 is 30.2. The highest BCUT2D eigenvalue weighted by Crippen LogP contribution is 2.35. The van der Waals surface area contributed by atoms with E-state index < -0.39 is 10.1 Å². The van der Waals surface area contributed by atoms with Crippen molar-refractivity contribution in [2.75, 3.05) is 5.73 Å². The maximum Gasteiger partial charge on any atom is 0.339 e. The van der Waals surface area contributed by atoms with Crippen LogP contribution in [0.3, 0.4) is 0 Å². The van der Waals surface area contributed by atoms with Gasteiger partial charge in [0.2, 0.25) is 0 Å². The molecule has 3 aromatic rings. The summed E-state index contributed by atoms with van der Waals surface area (Å²) in [6.07, 6.45) is 0. The Hall–Kier alpha value is -2.24. The zero-order chi connectivity index (χ0) is 16.6. The first-order chi connectivity index (χ1) is 10.9. The van der Waals surface area contributed by atoms with Crippen LogP contribution in [0, 0.1) is 6.92 Å². The van der Waals surface area contributed by atoms with E-state index in [1.807, 2.05) is 6.92 Å². The number of rotatable bonds is 3. The Morgan fingerprint density at radius 1 is 0.957 bits per heavy atom. The van der Waals surface area contributed by atoms with Crippen molar-refractivity contribution >= 4 is 38.2 Å². The summed E-state index contributed by atoms with van der Waals surface area (Å²) in [4.78, 5) is 0.0987. The van der Waals surface area contributed by atoms with Crippen LogP contribution in [0.15, 0.2) is 59.5 Å². The molecule has 2 N–H and O–H groups in total. The topological polar surface area (TPSA) is 69.4 Å². The van der Waals surface area contributed by atoms with Crippen LogP contribution in [0.4, 0.5) is 5.69 Å². The number of nitrogen functional groups attached to an aromatic ring is 1. The molecule has 0 saturated carbocycles. The highest BCUT2D eigenvalue weighted by atomic mass is 35.5. The monoisotopic (exact) mass is 347 g/mol. The van der Waals surface area contributed by atoms with Gasteiger partial charge in [-0.15, -0.1) is 0 Å². The zero-order valence-corrected chi connectivity index (χ0v) is 13.9. The van der Waals surface area contributed by atoms with E-state index in [-0.39, 0.29) is 10.6 Å². The number of fused-ring (bicyclic) bond motifs is 1. The molecular weight excluding hydrogens is 334 g/mol. The molecule has 0 saturated heterocycles. The minimum Gasteiger partial charge on any atom is -0.398 e. The molecule has 0 aliphatic rings. The predicted molar refractivity (Wildman–Crippen MR) is 92.4 cm³/mol. The molecule has 0 aliphatic carbocycles. The van der Waals surface area contributed by atoms with Gasteiger partial charge in [-0.25, -0.2) is 0 Å². The quantitative estimate of drug-likeness (QED) is 0.570. The summed E-state index contributed by atoms with van der Waals surface area (Å²) in [5.74, 6) is 0.213. The maximum absolute atomic E-state index is 12.4. The van der Waals surface area contributed by atoms with E-state index in [0.29, 0.717) is 21.5 Å². The van der Waals surface area contributed by atoms with Crippen molar-refractivity contribution in [3.05, 3.63) is 65.2 Å². The van der Waals surface area contributed by atoms with Crippen molar-refractivity contribution in [2.24, 2.45) is 0 Å². The molecule has 0 heterocycles. The number of aryl methyl sites for hydroxylation is 1. The van der Waals surface area contributed by atoms with Gasteiger partial charge in [-0.05, 0) is 37.3 Å². The molecule has 3 aromatic carbocycles. The molecule has 0 spiro atoms. The maximum atomic E-state index is 12.4. The molecule has 6 heteroatoms. The Balaban J connectivity index is 2.08. The highest BCUT2D eigenvalue weighted by molar-refractivity contribution is 7.87. The third kappa shape index (κ3) is 2.98. The van der Waals surface area contributed by atoms with E-state index in [1.54, 1.807) is 42.5 Å². The van der Waals surface area contributed by atoms with Gasteiger partial charge in [0.25, 0.3) is 0 Å². The second-order valence-corrected chi connectivity index (χ2v) is 7.09. The standard InChI is InChI=1S/C17H14ClNO3S/c1-11-5-7-12(8-6-11)23(20,21)22-16-4-2-3-14-13(16)9-10-15(19)17(14)18/h2-10H,19H2,1H3. The largest absolute Gasteiger partial charge is 0.398 e. The normalized spacial score (nSPS) is 11.6. The second kappa shape index (κ2) is 5.76. The van der Waals surface area contributed by atoms with Crippen molar-refractivity contribution in [3.63, 3.8) is 0 Å². The van der Waals surface area contributed by atoms with Crippen LogP contribution in [0.2, 0.25) is 5.02 Å². The third-order valence-corrected chi connectivity index (χ3v) is 5.17. The predicted octanol–water partition coefficient (Wildman–Crippen LogP) is 4.15. The van der Waals surface area contributed by atoms with Gasteiger partial charge in [-0.3, -0.25) is 0 Å². The number of halogens is 1. The number of benzene rings is 3.